The summed E-state index contributed by atoms with van der Waals surface area (Å²) in [6.07, 6.45) is 7.85. The molecule has 0 aliphatic carbocycles. The summed E-state index contributed by atoms with van der Waals surface area (Å²) in [5, 5.41) is 0. The van der Waals surface area contributed by atoms with Crippen molar-refractivity contribution >= 4 is 7.92 Å². The molecule has 4 unspecified atom stereocenters. The Morgan fingerprint density at radius 3 is 2.85 bits per heavy atom. The first-order valence-electron chi connectivity index (χ1n) is 5.58. The van der Waals surface area contributed by atoms with Crippen LogP contribution in [-0.2, 0) is 4.74 Å². The zero-order valence-corrected chi connectivity index (χ0v) is 9.52. The van der Waals surface area contributed by atoms with E-state index in [2.05, 4.69) is 13.8 Å². The minimum Gasteiger partial charge on any atom is -0.371 e. The molecule has 4 saturated heterocycles. The van der Waals surface area contributed by atoms with Gasteiger partial charge in [-0.25, -0.2) is 0 Å². The molecule has 0 N–H and O–H groups in total. The van der Waals surface area contributed by atoms with Gasteiger partial charge >= 0.3 is 0 Å². The van der Waals surface area contributed by atoms with E-state index >= 15 is 0 Å². The van der Waals surface area contributed by atoms with E-state index in [-0.39, 0.29) is 0 Å². The first-order chi connectivity index (χ1) is 6.18. The normalized spacial score (nSPS) is 53.3. The van der Waals surface area contributed by atoms with E-state index in [1.54, 1.807) is 6.16 Å². The third-order valence-electron chi connectivity index (χ3n) is 4.15. The Morgan fingerprint density at radius 2 is 2.23 bits per heavy atom. The standard InChI is InChI=1S/C11H19OP/c1-8(2)11-4-9-3-10(12-11)6-13(5-9)7-11/h8-10H,3-7H2,1-2H3. The predicted octanol–water partition coefficient (Wildman–Crippen LogP) is 2.69. The third-order valence-corrected chi connectivity index (χ3v) is 7.09. The molecule has 2 heteroatoms. The van der Waals surface area contributed by atoms with Crippen LogP contribution in [0.5, 0.6) is 0 Å². The van der Waals surface area contributed by atoms with E-state index in [0.717, 1.165) is 11.8 Å². The zero-order valence-electron chi connectivity index (χ0n) is 8.62. The SMILES string of the molecule is CC(C)C12CC3CC(CP(C3)C1)O2. The molecule has 0 aromatic heterocycles. The van der Waals surface area contributed by atoms with Crippen LogP contribution in [0.3, 0.4) is 0 Å². The molecule has 4 aliphatic heterocycles. The first-order valence-corrected chi connectivity index (χ1v) is 7.48. The van der Waals surface area contributed by atoms with Crippen molar-refractivity contribution in [2.24, 2.45) is 11.8 Å². The molecule has 4 heterocycles. The lowest BCUT2D eigenvalue weighted by Gasteiger charge is -2.58. The van der Waals surface area contributed by atoms with E-state index in [1.165, 1.54) is 25.2 Å². The van der Waals surface area contributed by atoms with E-state index in [1.807, 2.05) is 0 Å². The van der Waals surface area contributed by atoms with Gasteiger partial charge < -0.3 is 4.74 Å². The minimum absolute atomic E-state index is 0.329. The van der Waals surface area contributed by atoms with Crippen LogP contribution < -0.4 is 0 Å². The van der Waals surface area contributed by atoms with Gasteiger partial charge in [-0.05, 0) is 43.2 Å². The van der Waals surface area contributed by atoms with Crippen molar-refractivity contribution in [2.75, 3.05) is 18.5 Å². The summed E-state index contributed by atoms with van der Waals surface area (Å²) in [5.74, 6) is 1.78. The van der Waals surface area contributed by atoms with Gasteiger partial charge in [0.1, 0.15) is 0 Å². The second-order valence-corrected chi connectivity index (χ2v) is 7.85. The summed E-state index contributed by atoms with van der Waals surface area (Å²) >= 11 is 0. The van der Waals surface area contributed by atoms with Gasteiger partial charge in [-0.1, -0.05) is 13.8 Å². The van der Waals surface area contributed by atoms with Gasteiger partial charge in [0.15, 0.2) is 0 Å². The molecule has 0 amide bonds. The second kappa shape index (κ2) is 2.70. The maximum atomic E-state index is 6.29. The van der Waals surface area contributed by atoms with Gasteiger partial charge in [0, 0.05) is 0 Å². The van der Waals surface area contributed by atoms with E-state index in [0.29, 0.717) is 19.6 Å². The van der Waals surface area contributed by atoms with Crippen LogP contribution in [0, 0.1) is 11.8 Å². The summed E-state index contributed by atoms with van der Waals surface area (Å²) in [6.45, 7) is 4.70. The lowest BCUT2D eigenvalue weighted by Crippen LogP contribution is -2.58. The fraction of sp³-hybridized carbons (Fsp3) is 1.00. The second-order valence-electron chi connectivity index (χ2n) is 5.46. The largest absolute Gasteiger partial charge is 0.371 e. The minimum atomic E-state index is 0.329. The monoisotopic (exact) mass is 198 g/mol. The fourth-order valence-corrected chi connectivity index (χ4v) is 7.06. The molecular weight excluding hydrogens is 179 g/mol. The Balaban J connectivity index is 1.91. The average molecular weight is 198 g/mol. The molecule has 4 fully saturated rings. The molecule has 0 spiro atoms. The predicted molar refractivity (Wildman–Crippen MR) is 56.7 cm³/mol. The lowest BCUT2D eigenvalue weighted by atomic mass is 9.78. The molecule has 4 aliphatic rings. The number of hydrogen-bond acceptors (Lipinski definition) is 1. The highest BCUT2D eigenvalue weighted by Gasteiger charge is 2.53. The lowest BCUT2D eigenvalue weighted by molar-refractivity contribution is -0.157. The average Bonchev–Trinajstić information content (AvgIpc) is 2.00. The number of ether oxygens (including phenoxy) is 1. The summed E-state index contributed by atoms with van der Waals surface area (Å²) in [6, 6.07) is 0. The molecule has 0 aromatic carbocycles. The molecule has 0 radical (unpaired) electrons. The van der Waals surface area contributed by atoms with Crippen molar-refractivity contribution in [3.8, 4) is 0 Å². The van der Waals surface area contributed by atoms with E-state index in [9.17, 15) is 0 Å². The Morgan fingerprint density at radius 1 is 1.38 bits per heavy atom. The highest BCUT2D eigenvalue weighted by atomic mass is 31.1. The van der Waals surface area contributed by atoms with E-state index < -0.39 is 0 Å². The van der Waals surface area contributed by atoms with Gasteiger partial charge in [0.25, 0.3) is 0 Å². The Hall–Kier alpha value is 0.390. The van der Waals surface area contributed by atoms with Gasteiger partial charge in [-0.15, -0.1) is 7.92 Å². The first kappa shape index (κ1) is 8.68. The van der Waals surface area contributed by atoms with Crippen molar-refractivity contribution < 1.29 is 4.74 Å². The van der Waals surface area contributed by atoms with Gasteiger partial charge in [0.2, 0.25) is 0 Å². The molecular formula is C11H19OP. The molecule has 0 aromatic rings. The summed E-state index contributed by atoms with van der Waals surface area (Å²) in [5.41, 5.74) is 0.329. The van der Waals surface area contributed by atoms with Crippen LogP contribution in [0.4, 0.5) is 0 Å². The molecule has 4 atom stereocenters. The Bertz CT molecular complexity index is 189. The van der Waals surface area contributed by atoms with Crippen LogP contribution in [0.1, 0.15) is 26.7 Å². The quantitative estimate of drug-likeness (QED) is 0.589. The topological polar surface area (TPSA) is 9.23 Å². The van der Waals surface area contributed by atoms with Crippen LogP contribution in [-0.4, -0.2) is 30.2 Å². The Labute approximate surface area is 82.0 Å². The van der Waals surface area contributed by atoms with Crippen molar-refractivity contribution in [1.82, 2.24) is 0 Å². The molecule has 0 saturated carbocycles. The molecule has 13 heavy (non-hydrogen) atoms. The van der Waals surface area contributed by atoms with Crippen LogP contribution in [0.15, 0.2) is 0 Å². The highest BCUT2D eigenvalue weighted by molar-refractivity contribution is 7.58. The van der Waals surface area contributed by atoms with Gasteiger partial charge in [0.05, 0.1) is 11.7 Å². The van der Waals surface area contributed by atoms with Crippen molar-refractivity contribution in [1.29, 1.82) is 0 Å². The third kappa shape index (κ3) is 1.20. The van der Waals surface area contributed by atoms with Gasteiger partial charge in [-0.3, -0.25) is 0 Å². The molecule has 74 valence electrons. The zero-order chi connectivity index (χ0) is 9.05. The highest BCUT2D eigenvalue weighted by Crippen LogP contribution is 2.61. The fourth-order valence-electron chi connectivity index (χ4n) is 3.51. The van der Waals surface area contributed by atoms with Crippen LogP contribution >= 0.6 is 7.92 Å². The summed E-state index contributed by atoms with van der Waals surface area (Å²) in [7, 11) is 0.382. The van der Waals surface area contributed by atoms with Crippen LogP contribution in [0.2, 0.25) is 0 Å². The summed E-state index contributed by atoms with van der Waals surface area (Å²) < 4.78 is 6.29. The van der Waals surface area contributed by atoms with E-state index in [4.69, 9.17) is 4.74 Å². The number of rotatable bonds is 1. The maximum Gasteiger partial charge on any atom is 0.0750 e. The number of hydrogen-bond donors (Lipinski definition) is 0. The summed E-state index contributed by atoms with van der Waals surface area (Å²) in [4.78, 5) is 0. The Kier molecular flexibility index (Phi) is 1.80. The van der Waals surface area contributed by atoms with Gasteiger partial charge in [-0.2, -0.15) is 0 Å². The van der Waals surface area contributed by atoms with Crippen molar-refractivity contribution in [3.63, 3.8) is 0 Å². The smallest absolute Gasteiger partial charge is 0.0750 e. The van der Waals surface area contributed by atoms with Crippen LogP contribution in [0.25, 0.3) is 0 Å². The maximum absolute atomic E-state index is 6.29. The molecule has 4 bridgehead atoms. The molecule has 1 nitrogen and oxygen atoms in total. The molecule has 4 rings (SSSR count). The van der Waals surface area contributed by atoms with Crippen molar-refractivity contribution in [3.05, 3.63) is 0 Å². The van der Waals surface area contributed by atoms with Crippen molar-refractivity contribution in [2.45, 2.75) is 38.4 Å².